The number of fused-ring (bicyclic) bond motifs is 1. The monoisotopic (exact) mass is 461 g/mol. The second-order valence-electron chi connectivity index (χ2n) is 8.13. The van der Waals surface area contributed by atoms with Crippen molar-refractivity contribution in [1.82, 2.24) is 14.9 Å². The lowest BCUT2D eigenvalue weighted by atomic mass is 10.1. The van der Waals surface area contributed by atoms with E-state index in [0.29, 0.717) is 31.9 Å². The molecule has 3 aromatic carbocycles. The van der Waals surface area contributed by atoms with Crippen molar-refractivity contribution in [2.45, 2.75) is 26.8 Å². The maximum absolute atomic E-state index is 13.0. The molecule has 1 aromatic heterocycles. The number of amides is 1. The van der Waals surface area contributed by atoms with Gasteiger partial charge in [-0.25, -0.2) is 9.37 Å². The number of para-hydroxylation sites is 2. The normalized spacial score (nSPS) is 10.9. The van der Waals surface area contributed by atoms with Crippen LogP contribution in [-0.4, -0.2) is 35.2 Å². The molecule has 7 heteroatoms. The summed E-state index contributed by atoms with van der Waals surface area (Å²) in [5.74, 6) is 1.62. The van der Waals surface area contributed by atoms with Crippen LogP contribution in [-0.2, 0) is 17.8 Å². The van der Waals surface area contributed by atoms with E-state index in [1.54, 1.807) is 0 Å². The highest BCUT2D eigenvalue weighted by Gasteiger charge is 2.12. The van der Waals surface area contributed by atoms with Crippen LogP contribution in [0.1, 0.15) is 17.0 Å². The van der Waals surface area contributed by atoms with Crippen molar-refractivity contribution in [3.05, 3.63) is 89.5 Å². The summed E-state index contributed by atoms with van der Waals surface area (Å²) in [6.07, 6.45) is 0.570. The number of nitrogens with one attached hydrogen (secondary N) is 1. The average molecular weight is 462 g/mol. The number of benzene rings is 3. The SMILES string of the molecule is Cc1ccc(C)c(OCCn2c(CCNC(=O)COc3ccc(F)cc3)nc3ccccc32)c1. The predicted molar refractivity (Wildman–Crippen MR) is 130 cm³/mol. The van der Waals surface area contributed by atoms with Crippen LogP contribution in [0.2, 0.25) is 0 Å². The third kappa shape index (κ3) is 5.92. The first-order chi connectivity index (χ1) is 16.5. The molecule has 6 nitrogen and oxygen atoms in total. The molecule has 0 unspecified atom stereocenters. The number of carbonyl (C=O) groups is 1. The van der Waals surface area contributed by atoms with Gasteiger partial charge >= 0.3 is 0 Å². The summed E-state index contributed by atoms with van der Waals surface area (Å²) in [5, 5.41) is 2.86. The van der Waals surface area contributed by atoms with Crippen LogP contribution in [0.4, 0.5) is 4.39 Å². The summed E-state index contributed by atoms with van der Waals surface area (Å²) in [7, 11) is 0. The Balaban J connectivity index is 1.34. The number of aryl methyl sites for hydroxylation is 2. The predicted octanol–water partition coefficient (Wildman–Crippen LogP) is 4.61. The molecule has 0 saturated carbocycles. The van der Waals surface area contributed by atoms with Crippen molar-refractivity contribution in [2.24, 2.45) is 0 Å². The Kier molecular flexibility index (Phi) is 7.42. The smallest absolute Gasteiger partial charge is 0.257 e. The molecule has 0 bridgehead atoms. The number of halogens is 1. The van der Waals surface area contributed by atoms with Gasteiger partial charge in [-0.15, -0.1) is 0 Å². The fourth-order valence-corrected chi connectivity index (χ4v) is 3.72. The molecule has 1 amide bonds. The van der Waals surface area contributed by atoms with Gasteiger partial charge in [-0.3, -0.25) is 4.79 Å². The Bertz CT molecular complexity index is 1270. The van der Waals surface area contributed by atoms with Crippen LogP contribution >= 0.6 is 0 Å². The van der Waals surface area contributed by atoms with Crippen molar-refractivity contribution in [3.63, 3.8) is 0 Å². The lowest BCUT2D eigenvalue weighted by Gasteiger charge is -2.13. The molecule has 0 aliphatic heterocycles. The lowest BCUT2D eigenvalue weighted by Crippen LogP contribution is -2.31. The Morgan fingerprint density at radius 3 is 2.65 bits per heavy atom. The number of hydrogen-bond donors (Lipinski definition) is 1. The van der Waals surface area contributed by atoms with Gasteiger partial charge in [0.05, 0.1) is 17.6 Å². The van der Waals surface area contributed by atoms with Crippen LogP contribution in [0.3, 0.4) is 0 Å². The minimum Gasteiger partial charge on any atom is -0.491 e. The molecule has 4 rings (SSSR count). The summed E-state index contributed by atoms with van der Waals surface area (Å²) in [4.78, 5) is 16.9. The van der Waals surface area contributed by atoms with E-state index in [2.05, 4.69) is 22.0 Å². The van der Waals surface area contributed by atoms with Crippen molar-refractivity contribution in [2.75, 3.05) is 19.8 Å². The van der Waals surface area contributed by atoms with E-state index in [1.807, 2.05) is 44.2 Å². The lowest BCUT2D eigenvalue weighted by molar-refractivity contribution is -0.123. The van der Waals surface area contributed by atoms with E-state index in [1.165, 1.54) is 24.3 Å². The Hall–Kier alpha value is -3.87. The Labute approximate surface area is 198 Å². The molecule has 0 spiro atoms. The zero-order chi connectivity index (χ0) is 23.9. The molecular weight excluding hydrogens is 433 g/mol. The van der Waals surface area contributed by atoms with Crippen LogP contribution < -0.4 is 14.8 Å². The number of ether oxygens (including phenoxy) is 2. The largest absolute Gasteiger partial charge is 0.491 e. The van der Waals surface area contributed by atoms with Gasteiger partial charge in [-0.05, 0) is 67.4 Å². The number of rotatable bonds is 10. The topological polar surface area (TPSA) is 65.4 Å². The fraction of sp³-hybridized carbons (Fsp3) is 0.259. The van der Waals surface area contributed by atoms with Crippen LogP contribution in [0.5, 0.6) is 11.5 Å². The maximum Gasteiger partial charge on any atom is 0.257 e. The number of carbonyl (C=O) groups excluding carboxylic acids is 1. The number of aromatic nitrogens is 2. The minimum absolute atomic E-state index is 0.133. The van der Waals surface area contributed by atoms with E-state index in [9.17, 15) is 9.18 Å². The van der Waals surface area contributed by atoms with Crippen LogP contribution in [0.15, 0.2) is 66.7 Å². The van der Waals surface area contributed by atoms with Crippen molar-refractivity contribution in [3.8, 4) is 11.5 Å². The molecular formula is C27H28FN3O3. The van der Waals surface area contributed by atoms with Crippen LogP contribution in [0, 0.1) is 19.7 Å². The van der Waals surface area contributed by atoms with E-state index in [-0.39, 0.29) is 18.3 Å². The zero-order valence-corrected chi connectivity index (χ0v) is 19.4. The molecule has 34 heavy (non-hydrogen) atoms. The van der Waals surface area contributed by atoms with Crippen molar-refractivity contribution < 1.29 is 18.7 Å². The van der Waals surface area contributed by atoms with Gasteiger partial charge in [0.15, 0.2) is 6.61 Å². The quantitative estimate of drug-likeness (QED) is 0.375. The molecule has 0 fully saturated rings. The van der Waals surface area contributed by atoms with Gasteiger partial charge < -0.3 is 19.4 Å². The highest BCUT2D eigenvalue weighted by molar-refractivity contribution is 5.77. The molecule has 176 valence electrons. The van der Waals surface area contributed by atoms with E-state index < -0.39 is 0 Å². The number of hydrogen-bond acceptors (Lipinski definition) is 4. The molecule has 0 atom stereocenters. The average Bonchev–Trinajstić information content (AvgIpc) is 3.18. The summed E-state index contributed by atoms with van der Waals surface area (Å²) in [5.41, 5.74) is 4.21. The van der Waals surface area contributed by atoms with Crippen molar-refractivity contribution in [1.29, 1.82) is 0 Å². The summed E-state index contributed by atoms with van der Waals surface area (Å²) < 4.78 is 26.6. The first-order valence-electron chi connectivity index (χ1n) is 11.3. The highest BCUT2D eigenvalue weighted by Crippen LogP contribution is 2.20. The summed E-state index contributed by atoms with van der Waals surface area (Å²) in [6.45, 7) is 5.53. The van der Waals surface area contributed by atoms with E-state index in [4.69, 9.17) is 14.5 Å². The number of nitrogens with zero attached hydrogens (tertiary/aromatic N) is 2. The summed E-state index contributed by atoms with van der Waals surface area (Å²) >= 11 is 0. The maximum atomic E-state index is 13.0. The summed E-state index contributed by atoms with van der Waals surface area (Å²) in [6, 6.07) is 19.7. The molecule has 0 radical (unpaired) electrons. The second-order valence-corrected chi connectivity index (χ2v) is 8.13. The highest BCUT2D eigenvalue weighted by atomic mass is 19.1. The standard InChI is InChI=1S/C27H28FN3O3/c1-19-7-8-20(2)25(17-19)33-16-15-31-24-6-4-3-5-23(24)30-26(31)13-14-29-27(32)18-34-22-11-9-21(28)10-12-22/h3-12,17H,13-16,18H2,1-2H3,(H,29,32). The van der Waals surface area contributed by atoms with Gasteiger partial charge in [-0.2, -0.15) is 0 Å². The van der Waals surface area contributed by atoms with Gasteiger partial charge in [0.25, 0.3) is 5.91 Å². The molecule has 0 aliphatic rings. The van der Waals surface area contributed by atoms with E-state index >= 15 is 0 Å². The first-order valence-corrected chi connectivity index (χ1v) is 11.3. The van der Waals surface area contributed by atoms with E-state index in [0.717, 1.165) is 33.7 Å². The minimum atomic E-state index is -0.348. The molecule has 1 N–H and O–H groups in total. The number of imidazole rings is 1. The molecule has 0 aliphatic carbocycles. The van der Waals surface area contributed by atoms with Crippen molar-refractivity contribution >= 4 is 16.9 Å². The van der Waals surface area contributed by atoms with Crippen LogP contribution in [0.25, 0.3) is 11.0 Å². The second kappa shape index (κ2) is 10.8. The fourth-order valence-electron chi connectivity index (χ4n) is 3.72. The first kappa shape index (κ1) is 23.3. The van der Waals surface area contributed by atoms with Gasteiger partial charge in [0, 0.05) is 13.0 Å². The zero-order valence-electron chi connectivity index (χ0n) is 19.4. The Morgan fingerprint density at radius 2 is 1.82 bits per heavy atom. The molecule has 4 aromatic rings. The third-order valence-corrected chi connectivity index (χ3v) is 5.50. The molecule has 0 saturated heterocycles. The van der Waals surface area contributed by atoms with Gasteiger partial charge in [0.2, 0.25) is 0 Å². The van der Waals surface area contributed by atoms with Gasteiger partial charge in [0.1, 0.15) is 29.7 Å². The Morgan fingerprint density at radius 1 is 1.03 bits per heavy atom. The molecule has 1 heterocycles. The van der Waals surface area contributed by atoms with Gasteiger partial charge in [-0.1, -0.05) is 24.3 Å². The third-order valence-electron chi connectivity index (χ3n) is 5.50.